The van der Waals surface area contributed by atoms with Crippen molar-refractivity contribution in [3.63, 3.8) is 0 Å². The third kappa shape index (κ3) is 4.41. The molecule has 5 nitrogen and oxygen atoms in total. The topological polar surface area (TPSA) is 52.7 Å². The van der Waals surface area contributed by atoms with E-state index < -0.39 is 0 Å². The summed E-state index contributed by atoms with van der Waals surface area (Å²) in [4.78, 5) is 29.6. The van der Waals surface area contributed by atoms with Crippen LogP contribution in [0.25, 0.3) is 0 Å². The van der Waals surface area contributed by atoms with E-state index in [9.17, 15) is 9.59 Å². The minimum Gasteiger partial charge on any atom is -0.341 e. The van der Waals surface area contributed by atoms with Crippen LogP contribution in [0, 0.1) is 0 Å². The van der Waals surface area contributed by atoms with Crippen molar-refractivity contribution < 1.29 is 9.59 Å². The molecule has 5 heteroatoms. The highest BCUT2D eigenvalue weighted by molar-refractivity contribution is 5.98. The summed E-state index contributed by atoms with van der Waals surface area (Å²) < 4.78 is 0. The van der Waals surface area contributed by atoms with Gasteiger partial charge >= 0.3 is 0 Å². The Labute approximate surface area is 162 Å². The van der Waals surface area contributed by atoms with Gasteiger partial charge in [-0.2, -0.15) is 0 Å². The SMILES string of the molecule is O=C(CCC(=O)N1CCC(N2CCNCC2)C1)c1ccc2c(c1)CCCC2. The quantitative estimate of drug-likeness (QED) is 0.807. The van der Waals surface area contributed by atoms with Crippen molar-refractivity contribution in [2.24, 2.45) is 0 Å². The lowest BCUT2D eigenvalue weighted by Gasteiger charge is -2.32. The number of piperazine rings is 1. The normalized spacial score (nSPS) is 23.3. The molecule has 0 aromatic heterocycles. The number of aryl methyl sites for hydroxylation is 2. The number of likely N-dealkylation sites (tertiary alicyclic amines) is 1. The number of benzene rings is 1. The number of fused-ring (bicyclic) bond motifs is 1. The zero-order valence-corrected chi connectivity index (χ0v) is 16.2. The molecule has 1 N–H and O–H groups in total. The molecule has 146 valence electrons. The Morgan fingerprint density at radius 1 is 1.00 bits per heavy atom. The molecule has 1 atom stereocenters. The highest BCUT2D eigenvalue weighted by Gasteiger charge is 2.30. The smallest absolute Gasteiger partial charge is 0.223 e. The fourth-order valence-electron chi connectivity index (χ4n) is 4.74. The number of carbonyl (C=O) groups excluding carboxylic acids is 2. The van der Waals surface area contributed by atoms with Gasteiger partial charge in [-0.1, -0.05) is 12.1 Å². The van der Waals surface area contributed by atoms with E-state index in [4.69, 9.17) is 0 Å². The zero-order chi connectivity index (χ0) is 18.6. The summed E-state index contributed by atoms with van der Waals surface area (Å²) in [7, 11) is 0. The molecule has 2 aliphatic heterocycles. The molecular weight excluding hydrogens is 338 g/mol. The Balaban J connectivity index is 1.27. The Morgan fingerprint density at radius 2 is 1.78 bits per heavy atom. The minimum atomic E-state index is 0.106. The van der Waals surface area contributed by atoms with Crippen molar-refractivity contribution in [1.29, 1.82) is 0 Å². The Hall–Kier alpha value is -1.72. The van der Waals surface area contributed by atoms with Gasteiger partial charge in [-0.25, -0.2) is 0 Å². The van der Waals surface area contributed by atoms with Crippen LogP contribution in [-0.4, -0.2) is 66.8 Å². The number of ketones is 1. The number of hydrogen-bond donors (Lipinski definition) is 1. The maximum absolute atomic E-state index is 12.6. The van der Waals surface area contributed by atoms with Crippen LogP contribution < -0.4 is 5.32 Å². The summed E-state index contributed by atoms with van der Waals surface area (Å²) in [5.41, 5.74) is 3.50. The lowest BCUT2D eigenvalue weighted by molar-refractivity contribution is -0.130. The van der Waals surface area contributed by atoms with E-state index in [0.717, 1.165) is 64.1 Å². The molecule has 0 radical (unpaired) electrons. The largest absolute Gasteiger partial charge is 0.341 e. The number of nitrogens with zero attached hydrogens (tertiary/aromatic N) is 2. The van der Waals surface area contributed by atoms with Crippen LogP contribution in [0.15, 0.2) is 18.2 Å². The van der Waals surface area contributed by atoms with Gasteiger partial charge in [0, 0.05) is 63.7 Å². The van der Waals surface area contributed by atoms with Gasteiger partial charge < -0.3 is 10.2 Å². The van der Waals surface area contributed by atoms with E-state index in [2.05, 4.69) is 22.3 Å². The van der Waals surface area contributed by atoms with Crippen molar-refractivity contribution in [3.05, 3.63) is 34.9 Å². The predicted molar refractivity (Wildman–Crippen MR) is 106 cm³/mol. The van der Waals surface area contributed by atoms with Gasteiger partial charge in [-0.15, -0.1) is 0 Å². The number of amides is 1. The second-order valence-corrected chi connectivity index (χ2v) is 8.18. The minimum absolute atomic E-state index is 0.106. The van der Waals surface area contributed by atoms with Gasteiger partial charge in [0.25, 0.3) is 0 Å². The Bertz CT molecular complexity index is 697. The van der Waals surface area contributed by atoms with Gasteiger partial charge in [0.1, 0.15) is 0 Å². The number of rotatable bonds is 5. The van der Waals surface area contributed by atoms with Crippen LogP contribution >= 0.6 is 0 Å². The Kier molecular flexibility index (Phi) is 5.89. The molecule has 1 amide bonds. The second-order valence-electron chi connectivity index (χ2n) is 8.18. The lowest BCUT2D eigenvalue weighted by Crippen LogP contribution is -2.49. The molecule has 2 saturated heterocycles. The van der Waals surface area contributed by atoms with Crippen molar-refractivity contribution in [2.45, 2.75) is 51.0 Å². The summed E-state index contributed by atoms with van der Waals surface area (Å²) >= 11 is 0. The van der Waals surface area contributed by atoms with Gasteiger partial charge in [-0.3, -0.25) is 14.5 Å². The highest BCUT2D eigenvalue weighted by atomic mass is 16.2. The third-order valence-electron chi connectivity index (χ3n) is 6.42. The summed E-state index contributed by atoms with van der Waals surface area (Å²) in [6, 6.07) is 6.62. The average molecular weight is 370 g/mol. The van der Waals surface area contributed by atoms with Crippen LogP contribution in [0.4, 0.5) is 0 Å². The van der Waals surface area contributed by atoms with Crippen LogP contribution in [0.2, 0.25) is 0 Å². The zero-order valence-electron chi connectivity index (χ0n) is 16.2. The molecule has 1 unspecified atom stereocenters. The third-order valence-corrected chi connectivity index (χ3v) is 6.42. The molecule has 4 rings (SSSR count). The van der Waals surface area contributed by atoms with E-state index in [1.807, 2.05) is 11.0 Å². The molecule has 1 aromatic rings. The fraction of sp³-hybridized carbons (Fsp3) is 0.636. The van der Waals surface area contributed by atoms with Crippen molar-refractivity contribution in [3.8, 4) is 0 Å². The van der Waals surface area contributed by atoms with E-state index in [1.165, 1.54) is 24.0 Å². The molecular formula is C22H31N3O2. The first-order chi connectivity index (χ1) is 13.2. The second kappa shape index (κ2) is 8.53. The van der Waals surface area contributed by atoms with Gasteiger partial charge in [0.2, 0.25) is 5.91 Å². The average Bonchev–Trinajstić information content (AvgIpc) is 3.22. The summed E-state index contributed by atoms with van der Waals surface area (Å²) in [5.74, 6) is 0.244. The van der Waals surface area contributed by atoms with E-state index in [0.29, 0.717) is 18.9 Å². The monoisotopic (exact) mass is 369 g/mol. The van der Waals surface area contributed by atoms with E-state index in [-0.39, 0.29) is 11.7 Å². The fourth-order valence-corrected chi connectivity index (χ4v) is 4.74. The molecule has 1 aliphatic carbocycles. The van der Waals surface area contributed by atoms with Crippen LogP contribution in [0.3, 0.4) is 0 Å². The molecule has 27 heavy (non-hydrogen) atoms. The number of Topliss-reactive ketones (excluding diaryl/α,β-unsaturated/α-hetero) is 1. The molecule has 3 aliphatic rings. The first-order valence-electron chi connectivity index (χ1n) is 10.6. The van der Waals surface area contributed by atoms with Gasteiger partial charge in [0.05, 0.1) is 0 Å². The summed E-state index contributed by atoms with van der Waals surface area (Å²) in [6.45, 7) is 5.89. The predicted octanol–water partition coefficient (Wildman–Crippen LogP) is 2.03. The standard InChI is InChI=1S/C22H31N3O2/c26-21(19-6-5-17-3-1-2-4-18(17)15-19)7-8-22(27)25-12-9-20(16-25)24-13-10-23-11-14-24/h5-6,15,20,23H,1-4,7-14,16H2. The first-order valence-corrected chi connectivity index (χ1v) is 10.6. The molecule has 1 aromatic carbocycles. The molecule has 2 heterocycles. The van der Waals surface area contributed by atoms with Gasteiger partial charge in [0.15, 0.2) is 5.78 Å². The summed E-state index contributed by atoms with van der Waals surface area (Å²) in [6.07, 6.45) is 6.40. The van der Waals surface area contributed by atoms with E-state index in [1.54, 1.807) is 0 Å². The molecule has 0 saturated carbocycles. The van der Waals surface area contributed by atoms with Crippen LogP contribution in [0.1, 0.15) is 53.6 Å². The number of hydrogen-bond acceptors (Lipinski definition) is 4. The molecule has 0 bridgehead atoms. The number of nitrogens with one attached hydrogen (secondary N) is 1. The van der Waals surface area contributed by atoms with Crippen LogP contribution in [-0.2, 0) is 17.6 Å². The molecule has 0 spiro atoms. The highest BCUT2D eigenvalue weighted by Crippen LogP contribution is 2.23. The number of carbonyl (C=O) groups is 2. The lowest BCUT2D eigenvalue weighted by atomic mass is 9.89. The maximum Gasteiger partial charge on any atom is 0.223 e. The maximum atomic E-state index is 12.6. The first kappa shape index (κ1) is 18.6. The van der Waals surface area contributed by atoms with Gasteiger partial charge in [-0.05, 0) is 49.3 Å². The molecule has 2 fully saturated rings. The van der Waals surface area contributed by atoms with Crippen molar-refractivity contribution >= 4 is 11.7 Å². The van der Waals surface area contributed by atoms with E-state index >= 15 is 0 Å². The Morgan fingerprint density at radius 3 is 2.59 bits per heavy atom. The van der Waals surface area contributed by atoms with Crippen molar-refractivity contribution in [2.75, 3.05) is 39.3 Å². The summed E-state index contributed by atoms with van der Waals surface area (Å²) in [5, 5.41) is 3.38. The van der Waals surface area contributed by atoms with Crippen molar-refractivity contribution in [1.82, 2.24) is 15.1 Å². The van der Waals surface area contributed by atoms with Crippen LogP contribution in [0.5, 0.6) is 0 Å².